The normalized spacial score (nSPS) is 16.4. The molecule has 0 unspecified atom stereocenters. The summed E-state index contributed by atoms with van der Waals surface area (Å²) in [5.74, 6) is -2.31. The summed E-state index contributed by atoms with van der Waals surface area (Å²) in [6, 6.07) is 1.74. The maximum atomic E-state index is 13.8. The Balaban J connectivity index is 2.37. The van der Waals surface area contributed by atoms with Gasteiger partial charge >= 0.3 is 0 Å². The van der Waals surface area contributed by atoms with Crippen molar-refractivity contribution in [3.63, 3.8) is 0 Å². The van der Waals surface area contributed by atoms with Crippen molar-refractivity contribution in [2.75, 3.05) is 18.8 Å². The third-order valence-corrected chi connectivity index (χ3v) is 5.61. The maximum Gasteiger partial charge on any atom is 0.246 e. The summed E-state index contributed by atoms with van der Waals surface area (Å²) in [7, 11) is -4.06. The van der Waals surface area contributed by atoms with Crippen molar-refractivity contribution in [2.24, 2.45) is 5.92 Å². The van der Waals surface area contributed by atoms with E-state index in [1.54, 1.807) is 6.92 Å². The molecule has 2 N–H and O–H groups in total. The van der Waals surface area contributed by atoms with E-state index in [0.29, 0.717) is 12.5 Å². The Bertz CT molecular complexity index is 601. The third-order valence-electron chi connectivity index (χ3n) is 3.67. The molecular weight excluding hydrogens is 286 g/mol. The van der Waals surface area contributed by atoms with Crippen molar-refractivity contribution in [1.82, 2.24) is 4.31 Å². The Morgan fingerprint density at radius 1 is 1.35 bits per heavy atom. The van der Waals surface area contributed by atoms with E-state index in [-0.39, 0.29) is 12.2 Å². The number of rotatable bonds is 5. The second-order valence-corrected chi connectivity index (χ2v) is 6.97. The maximum absolute atomic E-state index is 13.8. The molecule has 0 aliphatic heterocycles. The van der Waals surface area contributed by atoms with Crippen LogP contribution in [-0.4, -0.2) is 25.8 Å². The first-order valence-electron chi connectivity index (χ1n) is 6.61. The number of anilines is 1. The highest BCUT2D eigenvalue weighted by Gasteiger charge is 2.31. The van der Waals surface area contributed by atoms with Crippen LogP contribution in [0.25, 0.3) is 0 Å². The Morgan fingerprint density at radius 2 is 2.00 bits per heavy atom. The summed E-state index contributed by atoms with van der Waals surface area (Å²) in [4.78, 5) is -0.684. The van der Waals surface area contributed by atoms with Crippen LogP contribution in [0.4, 0.5) is 14.5 Å². The van der Waals surface area contributed by atoms with Gasteiger partial charge in [0.25, 0.3) is 0 Å². The van der Waals surface area contributed by atoms with E-state index in [4.69, 9.17) is 5.73 Å². The van der Waals surface area contributed by atoms with Crippen molar-refractivity contribution < 1.29 is 17.2 Å². The zero-order valence-corrected chi connectivity index (χ0v) is 12.1. The van der Waals surface area contributed by atoms with E-state index in [9.17, 15) is 17.2 Å². The minimum Gasteiger partial charge on any atom is -0.399 e. The van der Waals surface area contributed by atoms with Gasteiger partial charge in [-0.2, -0.15) is 4.31 Å². The van der Waals surface area contributed by atoms with Crippen LogP contribution in [0.1, 0.15) is 26.2 Å². The molecule has 1 saturated carbocycles. The van der Waals surface area contributed by atoms with E-state index >= 15 is 0 Å². The molecule has 0 atom stereocenters. The molecule has 0 radical (unpaired) electrons. The number of benzene rings is 1. The highest BCUT2D eigenvalue weighted by molar-refractivity contribution is 7.89. The smallest absolute Gasteiger partial charge is 0.246 e. The van der Waals surface area contributed by atoms with Crippen molar-refractivity contribution >= 4 is 15.7 Å². The zero-order chi connectivity index (χ0) is 14.9. The Morgan fingerprint density at radius 3 is 2.50 bits per heavy atom. The highest BCUT2D eigenvalue weighted by atomic mass is 32.2. The van der Waals surface area contributed by atoms with E-state index < -0.39 is 26.6 Å². The van der Waals surface area contributed by atoms with Gasteiger partial charge in [0, 0.05) is 18.8 Å². The lowest BCUT2D eigenvalue weighted by atomic mass is 9.85. The first-order valence-corrected chi connectivity index (χ1v) is 8.05. The van der Waals surface area contributed by atoms with Gasteiger partial charge in [0.1, 0.15) is 4.90 Å². The largest absolute Gasteiger partial charge is 0.399 e. The van der Waals surface area contributed by atoms with Gasteiger partial charge < -0.3 is 5.73 Å². The second-order valence-electron chi connectivity index (χ2n) is 5.07. The molecule has 1 aliphatic carbocycles. The molecule has 2 rings (SSSR count). The first kappa shape index (κ1) is 15.2. The number of nitrogens with zero attached hydrogens (tertiary/aromatic N) is 1. The van der Waals surface area contributed by atoms with Crippen molar-refractivity contribution in [1.29, 1.82) is 0 Å². The minimum absolute atomic E-state index is 0.109. The molecule has 1 aromatic carbocycles. The summed E-state index contributed by atoms with van der Waals surface area (Å²) in [6.45, 7) is 2.24. The van der Waals surface area contributed by atoms with Crippen LogP contribution in [0.5, 0.6) is 0 Å². The topological polar surface area (TPSA) is 63.4 Å². The number of halogens is 2. The average molecular weight is 304 g/mol. The summed E-state index contributed by atoms with van der Waals surface area (Å²) < 4.78 is 53.2. The third kappa shape index (κ3) is 2.78. The average Bonchev–Trinajstić information content (AvgIpc) is 2.32. The van der Waals surface area contributed by atoms with Crippen molar-refractivity contribution in [3.05, 3.63) is 23.8 Å². The van der Waals surface area contributed by atoms with Crippen molar-refractivity contribution in [3.8, 4) is 0 Å². The van der Waals surface area contributed by atoms with Gasteiger partial charge in [-0.3, -0.25) is 0 Å². The van der Waals surface area contributed by atoms with Gasteiger partial charge in [-0.15, -0.1) is 0 Å². The molecule has 0 amide bonds. The van der Waals surface area contributed by atoms with E-state index in [0.717, 1.165) is 31.4 Å². The quantitative estimate of drug-likeness (QED) is 0.849. The molecule has 0 saturated heterocycles. The molecule has 1 aromatic rings. The van der Waals surface area contributed by atoms with Gasteiger partial charge in [0.05, 0.1) is 0 Å². The lowest BCUT2D eigenvalue weighted by Crippen LogP contribution is -2.37. The summed E-state index contributed by atoms with van der Waals surface area (Å²) in [5, 5.41) is 0. The number of hydrogen-bond donors (Lipinski definition) is 1. The molecule has 0 spiro atoms. The van der Waals surface area contributed by atoms with E-state index in [1.165, 1.54) is 4.31 Å². The van der Waals surface area contributed by atoms with Crippen molar-refractivity contribution in [2.45, 2.75) is 31.1 Å². The highest BCUT2D eigenvalue weighted by Crippen LogP contribution is 2.30. The molecule has 1 fully saturated rings. The van der Waals surface area contributed by atoms with Crippen LogP contribution in [-0.2, 0) is 10.0 Å². The van der Waals surface area contributed by atoms with Gasteiger partial charge in [0.15, 0.2) is 11.6 Å². The molecule has 0 heterocycles. The first-order chi connectivity index (χ1) is 9.36. The molecular formula is C13H18F2N2O2S. The Hall–Kier alpha value is -1.21. The van der Waals surface area contributed by atoms with Crippen LogP contribution >= 0.6 is 0 Å². The number of sulfonamides is 1. The van der Waals surface area contributed by atoms with Gasteiger partial charge in [-0.05, 0) is 30.9 Å². The van der Waals surface area contributed by atoms with Gasteiger partial charge in [0.2, 0.25) is 10.0 Å². The molecule has 0 aromatic heterocycles. The fourth-order valence-electron chi connectivity index (χ4n) is 2.27. The fourth-order valence-corrected chi connectivity index (χ4v) is 3.91. The zero-order valence-electron chi connectivity index (χ0n) is 11.3. The number of nitrogens with two attached hydrogens (primary N) is 1. The van der Waals surface area contributed by atoms with Crippen LogP contribution in [0, 0.1) is 17.6 Å². The fraction of sp³-hybridized carbons (Fsp3) is 0.538. The van der Waals surface area contributed by atoms with Gasteiger partial charge in [-0.1, -0.05) is 13.3 Å². The monoisotopic (exact) mass is 304 g/mol. The van der Waals surface area contributed by atoms with Crippen LogP contribution in [0.3, 0.4) is 0 Å². The molecule has 7 heteroatoms. The van der Waals surface area contributed by atoms with Crippen LogP contribution in [0.2, 0.25) is 0 Å². The van der Waals surface area contributed by atoms with Gasteiger partial charge in [-0.25, -0.2) is 17.2 Å². The molecule has 4 nitrogen and oxygen atoms in total. The Labute approximate surface area is 117 Å². The number of hydrogen-bond acceptors (Lipinski definition) is 3. The van der Waals surface area contributed by atoms with E-state index in [1.807, 2.05) is 0 Å². The van der Waals surface area contributed by atoms with Crippen LogP contribution in [0.15, 0.2) is 17.0 Å². The molecule has 0 bridgehead atoms. The lowest BCUT2D eigenvalue weighted by molar-refractivity contribution is 0.249. The number of nitrogen functional groups attached to an aromatic ring is 1. The predicted octanol–water partition coefficient (Wildman–Crippen LogP) is 2.36. The lowest BCUT2D eigenvalue weighted by Gasteiger charge is -2.31. The molecule has 112 valence electrons. The SMILES string of the molecule is CCN(CC1CCC1)S(=O)(=O)c1cc(N)cc(F)c1F. The summed E-state index contributed by atoms with van der Waals surface area (Å²) in [5.41, 5.74) is 5.31. The standard InChI is InChI=1S/C13H18F2N2O2S/c1-2-17(8-9-4-3-5-9)20(18,19)12-7-10(16)6-11(14)13(12)15/h6-7,9H,2-5,8,16H2,1H3. The summed E-state index contributed by atoms with van der Waals surface area (Å²) in [6.07, 6.45) is 3.03. The second kappa shape index (κ2) is 5.65. The summed E-state index contributed by atoms with van der Waals surface area (Å²) >= 11 is 0. The van der Waals surface area contributed by atoms with Crippen LogP contribution < -0.4 is 5.73 Å². The minimum atomic E-state index is -4.06. The van der Waals surface area contributed by atoms with E-state index in [2.05, 4.69) is 0 Å². The predicted molar refractivity (Wildman–Crippen MR) is 72.5 cm³/mol. The molecule has 20 heavy (non-hydrogen) atoms. The molecule has 1 aliphatic rings. The Kier molecular flexibility index (Phi) is 4.29.